The van der Waals surface area contributed by atoms with Gasteiger partial charge in [0.2, 0.25) is 15.9 Å². The minimum atomic E-state index is -3.48. The Kier molecular flexibility index (Phi) is 8.87. The maximum Gasteiger partial charge on any atom is 0.252 e. The molecule has 0 unspecified atom stereocenters. The van der Waals surface area contributed by atoms with Crippen molar-refractivity contribution in [2.45, 2.75) is 57.4 Å². The van der Waals surface area contributed by atoms with Gasteiger partial charge in [0, 0.05) is 30.2 Å². The van der Waals surface area contributed by atoms with E-state index in [0.29, 0.717) is 23.2 Å². The highest BCUT2D eigenvalue weighted by atomic mass is 32.2. The Morgan fingerprint density at radius 1 is 0.919 bits per heavy atom. The normalized spacial score (nSPS) is 21.6. The number of hydrogen-bond donors (Lipinski definition) is 3. The van der Waals surface area contributed by atoms with Crippen LogP contribution in [0.25, 0.3) is 0 Å². The fraction of sp³-hybridized carbons (Fsp3) is 0.500. The van der Waals surface area contributed by atoms with Crippen LogP contribution in [0.5, 0.6) is 0 Å². The summed E-state index contributed by atoms with van der Waals surface area (Å²) in [5.41, 5.74) is 2.53. The van der Waals surface area contributed by atoms with Crippen LogP contribution in [0, 0.1) is 11.8 Å². The number of carbonyl (C=O) groups excluding carboxylic acids is 2. The van der Waals surface area contributed by atoms with Crippen molar-refractivity contribution in [1.29, 1.82) is 0 Å². The molecule has 3 N–H and O–H groups in total. The number of nitrogens with one attached hydrogen (secondary N) is 3. The molecule has 0 spiro atoms. The topological polar surface area (TPSA) is 114 Å². The minimum Gasteiger partial charge on any atom is -0.381 e. The zero-order chi connectivity index (χ0) is 26.4. The Bertz CT molecular complexity index is 1180. The number of anilines is 2. The van der Waals surface area contributed by atoms with Gasteiger partial charge in [0.1, 0.15) is 6.04 Å². The van der Waals surface area contributed by atoms with Crippen molar-refractivity contribution in [2.24, 2.45) is 11.8 Å². The van der Waals surface area contributed by atoms with E-state index in [4.69, 9.17) is 4.74 Å². The quantitative estimate of drug-likeness (QED) is 0.467. The fourth-order valence-corrected chi connectivity index (χ4v) is 5.82. The molecule has 1 heterocycles. The predicted octanol–water partition coefficient (Wildman–Crippen LogP) is 4.52. The molecule has 9 heteroatoms. The number of sulfonamides is 1. The molecule has 200 valence electrons. The molecule has 2 aliphatic rings. The van der Waals surface area contributed by atoms with Crippen molar-refractivity contribution in [1.82, 2.24) is 5.32 Å². The smallest absolute Gasteiger partial charge is 0.252 e. The Morgan fingerprint density at radius 3 is 2.24 bits per heavy atom. The zero-order valence-electron chi connectivity index (χ0n) is 21.5. The fourth-order valence-electron chi connectivity index (χ4n) is 5.27. The number of carbonyl (C=O) groups is 2. The molecule has 2 fully saturated rings. The van der Waals surface area contributed by atoms with Gasteiger partial charge in [0.05, 0.1) is 6.26 Å². The van der Waals surface area contributed by atoms with Crippen molar-refractivity contribution in [3.8, 4) is 0 Å². The minimum absolute atomic E-state index is 0.0268. The van der Waals surface area contributed by atoms with E-state index in [1.807, 2.05) is 12.1 Å². The van der Waals surface area contributed by atoms with E-state index in [9.17, 15) is 18.0 Å². The first-order valence-electron chi connectivity index (χ1n) is 13.1. The largest absolute Gasteiger partial charge is 0.381 e. The average molecular weight is 528 g/mol. The Morgan fingerprint density at radius 2 is 1.59 bits per heavy atom. The third-order valence-electron chi connectivity index (χ3n) is 7.40. The van der Waals surface area contributed by atoms with E-state index in [-0.39, 0.29) is 17.4 Å². The maximum atomic E-state index is 13.5. The lowest BCUT2D eigenvalue weighted by atomic mass is 9.79. The second-order valence-electron chi connectivity index (χ2n) is 10.4. The van der Waals surface area contributed by atoms with Crippen LogP contribution in [0.2, 0.25) is 0 Å². The Hall–Kier alpha value is -2.91. The molecule has 37 heavy (non-hydrogen) atoms. The highest BCUT2D eigenvalue weighted by Crippen LogP contribution is 2.32. The molecule has 2 amide bonds. The van der Waals surface area contributed by atoms with Gasteiger partial charge < -0.3 is 15.4 Å². The Labute approximate surface area is 219 Å². The molecule has 1 atom stereocenters. The number of amides is 2. The lowest BCUT2D eigenvalue weighted by Crippen LogP contribution is -2.49. The van der Waals surface area contributed by atoms with E-state index < -0.39 is 22.0 Å². The number of benzene rings is 2. The van der Waals surface area contributed by atoms with Gasteiger partial charge in [-0.3, -0.25) is 14.3 Å². The van der Waals surface area contributed by atoms with Crippen molar-refractivity contribution in [3.63, 3.8) is 0 Å². The van der Waals surface area contributed by atoms with Crippen LogP contribution >= 0.6 is 0 Å². The van der Waals surface area contributed by atoms with Crippen LogP contribution < -0.4 is 15.4 Å². The second-order valence-corrected chi connectivity index (χ2v) is 12.2. The van der Waals surface area contributed by atoms with Gasteiger partial charge in [-0.15, -0.1) is 0 Å². The van der Waals surface area contributed by atoms with Gasteiger partial charge in [-0.1, -0.05) is 38.0 Å². The standard InChI is InChI=1S/C28H37N3O5S/c1-19-6-8-22(9-7-19)26(30-27(32)23-4-3-5-25(18-23)31-37(2,34)35)28(33)29-24-12-10-20(11-13-24)21-14-16-36-17-15-21/h3-5,10-13,18-19,21-22,26,31H,6-9,14-17H2,1-2H3,(H,29,33)(H,30,32)/t19?,22?,26-/m0/s1. The first kappa shape index (κ1) is 27.1. The average Bonchev–Trinajstić information content (AvgIpc) is 2.88. The maximum absolute atomic E-state index is 13.5. The van der Waals surface area contributed by atoms with Crippen LogP contribution in [0.15, 0.2) is 48.5 Å². The summed E-state index contributed by atoms with van der Waals surface area (Å²) in [7, 11) is -3.48. The van der Waals surface area contributed by atoms with Crippen LogP contribution in [-0.4, -0.2) is 45.7 Å². The molecule has 0 radical (unpaired) electrons. The van der Waals surface area contributed by atoms with Gasteiger partial charge in [-0.25, -0.2) is 8.42 Å². The molecule has 1 aliphatic carbocycles. The molecule has 1 saturated carbocycles. The molecule has 1 saturated heterocycles. The molecule has 2 aromatic carbocycles. The number of ether oxygens (including phenoxy) is 1. The van der Waals surface area contributed by atoms with E-state index in [0.717, 1.165) is 58.0 Å². The first-order valence-corrected chi connectivity index (χ1v) is 14.9. The summed E-state index contributed by atoms with van der Waals surface area (Å²) in [5, 5.41) is 5.96. The summed E-state index contributed by atoms with van der Waals surface area (Å²) in [6.07, 6.45) is 6.80. The summed E-state index contributed by atoms with van der Waals surface area (Å²) in [4.78, 5) is 26.6. The van der Waals surface area contributed by atoms with Gasteiger partial charge in [0.25, 0.3) is 5.91 Å². The number of hydrogen-bond acceptors (Lipinski definition) is 5. The molecular formula is C28H37N3O5S. The van der Waals surface area contributed by atoms with Crippen LogP contribution in [0.1, 0.15) is 67.3 Å². The molecule has 8 nitrogen and oxygen atoms in total. The zero-order valence-corrected chi connectivity index (χ0v) is 22.4. The molecule has 2 aromatic rings. The second kappa shape index (κ2) is 12.1. The molecule has 0 aromatic heterocycles. The molecule has 0 bridgehead atoms. The van der Waals surface area contributed by atoms with Crippen molar-refractivity contribution in [3.05, 3.63) is 59.7 Å². The SMILES string of the molecule is CC1CCC([C@H](NC(=O)c2cccc(NS(C)(=O)=O)c2)C(=O)Nc2ccc(C3CCOCC3)cc2)CC1. The van der Waals surface area contributed by atoms with E-state index in [1.165, 1.54) is 11.6 Å². The number of rotatable bonds is 8. The molecular weight excluding hydrogens is 490 g/mol. The highest BCUT2D eigenvalue weighted by Gasteiger charge is 2.33. The summed E-state index contributed by atoms with van der Waals surface area (Å²) >= 11 is 0. The van der Waals surface area contributed by atoms with Crippen LogP contribution in [0.3, 0.4) is 0 Å². The van der Waals surface area contributed by atoms with E-state index in [2.05, 4.69) is 34.4 Å². The Balaban J connectivity index is 1.47. The summed E-state index contributed by atoms with van der Waals surface area (Å²) in [5.74, 6) is 0.455. The van der Waals surface area contributed by atoms with E-state index >= 15 is 0 Å². The predicted molar refractivity (Wildman–Crippen MR) is 145 cm³/mol. The lowest BCUT2D eigenvalue weighted by molar-refractivity contribution is -0.119. The molecule has 4 rings (SSSR count). The highest BCUT2D eigenvalue weighted by molar-refractivity contribution is 7.92. The molecule has 1 aliphatic heterocycles. The third-order valence-corrected chi connectivity index (χ3v) is 8.01. The first-order chi connectivity index (χ1) is 17.7. The monoisotopic (exact) mass is 527 g/mol. The van der Waals surface area contributed by atoms with Crippen molar-refractivity contribution < 1.29 is 22.7 Å². The van der Waals surface area contributed by atoms with Gasteiger partial charge in [-0.2, -0.15) is 0 Å². The lowest BCUT2D eigenvalue weighted by Gasteiger charge is -2.32. The van der Waals surface area contributed by atoms with Crippen molar-refractivity contribution >= 4 is 33.2 Å². The van der Waals surface area contributed by atoms with Crippen LogP contribution in [0.4, 0.5) is 11.4 Å². The summed E-state index contributed by atoms with van der Waals surface area (Å²) < 4.78 is 31.0. The van der Waals surface area contributed by atoms with Gasteiger partial charge in [0.15, 0.2) is 0 Å². The van der Waals surface area contributed by atoms with Gasteiger partial charge in [-0.05, 0) is 79.3 Å². The van der Waals surface area contributed by atoms with E-state index in [1.54, 1.807) is 18.2 Å². The van der Waals surface area contributed by atoms with Crippen LogP contribution in [-0.2, 0) is 19.6 Å². The summed E-state index contributed by atoms with van der Waals surface area (Å²) in [6.45, 7) is 3.76. The van der Waals surface area contributed by atoms with Crippen molar-refractivity contribution in [2.75, 3.05) is 29.5 Å². The van der Waals surface area contributed by atoms with Gasteiger partial charge >= 0.3 is 0 Å². The summed E-state index contributed by atoms with van der Waals surface area (Å²) in [6, 6.07) is 13.5. The third kappa shape index (κ3) is 7.79.